The molecule has 2 aromatic carbocycles. The summed E-state index contributed by atoms with van der Waals surface area (Å²) in [5, 5.41) is 3.17. The Kier molecular flexibility index (Phi) is 6.92. The standard InChI is InChI=1S/C21H27NOS/c1-5-20(18-9-8-16(3)17(4)14-18)22-21(23)12-13-24-19-10-6-15(2)7-11-19/h6-11,14,20H,5,12-13H2,1-4H3,(H,22,23)/t20-/m0/s1. The first-order valence-electron chi connectivity index (χ1n) is 8.55. The first kappa shape index (κ1) is 18.6. The molecule has 0 unspecified atom stereocenters. The first-order chi connectivity index (χ1) is 11.5. The second-order valence-corrected chi connectivity index (χ2v) is 7.45. The van der Waals surface area contributed by atoms with Crippen molar-refractivity contribution in [3.05, 3.63) is 64.7 Å². The van der Waals surface area contributed by atoms with E-state index in [1.54, 1.807) is 11.8 Å². The van der Waals surface area contributed by atoms with E-state index >= 15 is 0 Å². The molecule has 24 heavy (non-hydrogen) atoms. The second-order valence-electron chi connectivity index (χ2n) is 6.28. The van der Waals surface area contributed by atoms with E-state index in [-0.39, 0.29) is 11.9 Å². The summed E-state index contributed by atoms with van der Waals surface area (Å²) in [4.78, 5) is 13.5. The van der Waals surface area contributed by atoms with E-state index in [9.17, 15) is 4.79 Å². The van der Waals surface area contributed by atoms with Crippen LogP contribution in [0.3, 0.4) is 0 Å². The van der Waals surface area contributed by atoms with Gasteiger partial charge < -0.3 is 5.32 Å². The summed E-state index contributed by atoms with van der Waals surface area (Å²) in [7, 11) is 0. The fraction of sp³-hybridized carbons (Fsp3) is 0.381. The van der Waals surface area contributed by atoms with Crippen LogP contribution in [0.25, 0.3) is 0 Å². The van der Waals surface area contributed by atoms with Crippen molar-refractivity contribution in [1.29, 1.82) is 0 Å². The highest BCUT2D eigenvalue weighted by Gasteiger charge is 2.13. The van der Waals surface area contributed by atoms with Crippen molar-refractivity contribution >= 4 is 17.7 Å². The number of thioether (sulfide) groups is 1. The van der Waals surface area contributed by atoms with Crippen molar-refractivity contribution in [2.24, 2.45) is 0 Å². The Morgan fingerprint density at radius 1 is 1.04 bits per heavy atom. The molecule has 0 saturated heterocycles. The monoisotopic (exact) mass is 341 g/mol. The molecule has 1 amide bonds. The number of hydrogen-bond acceptors (Lipinski definition) is 2. The van der Waals surface area contributed by atoms with Gasteiger partial charge in [0.1, 0.15) is 0 Å². The smallest absolute Gasteiger partial charge is 0.221 e. The lowest BCUT2D eigenvalue weighted by molar-refractivity contribution is -0.121. The first-order valence-corrected chi connectivity index (χ1v) is 9.54. The summed E-state index contributed by atoms with van der Waals surface area (Å²) in [5.74, 6) is 0.929. The van der Waals surface area contributed by atoms with E-state index in [0.717, 1.165) is 12.2 Å². The van der Waals surface area contributed by atoms with Gasteiger partial charge in [0.2, 0.25) is 5.91 Å². The lowest BCUT2D eigenvalue weighted by atomic mass is 9.99. The largest absolute Gasteiger partial charge is 0.349 e. The van der Waals surface area contributed by atoms with Crippen molar-refractivity contribution in [1.82, 2.24) is 5.32 Å². The zero-order chi connectivity index (χ0) is 17.5. The van der Waals surface area contributed by atoms with Gasteiger partial charge in [-0.3, -0.25) is 4.79 Å². The predicted molar refractivity (Wildman–Crippen MR) is 104 cm³/mol. The summed E-state index contributed by atoms with van der Waals surface area (Å²) >= 11 is 1.73. The second kappa shape index (κ2) is 8.93. The molecule has 1 atom stereocenters. The Balaban J connectivity index is 1.85. The average Bonchev–Trinajstić information content (AvgIpc) is 2.57. The van der Waals surface area contributed by atoms with Crippen LogP contribution in [0.1, 0.15) is 48.1 Å². The molecular weight excluding hydrogens is 314 g/mol. The van der Waals surface area contributed by atoms with Gasteiger partial charge >= 0.3 is 0 Å². The van der Waals surface area contributed by atoms with Gasteiger partial charge in [0, 0.05) is 17.1 Å². The van der Waals surface area contributed by atoms with Crippen LogP contribution in [0.4, 0.5) is 0 Å². The van der Waals surface area contributed by atoms with Gasteiger partial charge in [0.05, 0.1) is 6.04 Å². The van der Waals surface area contributed by atoms with Crippen LogP contribution in [0, 0.1) is 20.8 Å². The molecule has 2 aromatic rings. The van der Waals surface area contributed by atoms with Crippen LogP contribution in [0.15, 0.2) is 47.4 Å². The van der Waals surface area contributed by atoms with Crippen molar-refractivity contribution in [2.45, 2.75) is 51.5 Å². The van der Waals surface area contributed by atoms with Gasteiger partial charge in [0.15, 0.2) is 0 Å². The molecule has 0 aliphatic heterocycles. The Morgan fingerprint density at radius 2 is 1.75 bits per heavy atom. The fourth-order valence-electron chi connectivity index (χ4n) is 2.57. The maximum atomic E-state index is 12.3. The highest BCUT2D eigenvalue weighted by atomic mass is 32.2. The topological polar surface area (TPSA) is 29.1 Å². The fourth-order valence-corrected chi connectivity index (χ4v) is 3.42. The molecule has 0 aromatic heterocycles. The van der Waals surface area contributed by atoms with Gasteiger partial charge in [-0.1, -0.05) is 42.8 Å². The average molecular weight is 342 g/mol. The molecule has 0 radical (unpaired) electrons. The van der Waals surface area contributed by atoms with Crippen molar-refractivity contribution in [3.8, 4) is 0 Å². The molecule has 0 heterocycles. The Hall–Kier alpha value is -1.74. The zero-order valence-electron chi connectivity index (χ0n) is 15.1. The van der Waals surface area contributed by atoms with E-state index in [1.807, 2.05) is 0 Å². The molecule has 0 bridgehead atoms. The third-order valence-corrected chi connectivity index (χ3v) is 5.31. The van der Waals surface area contributed by atoms with Crippen molar-refractivity contribution in [3.63, 3.8) is 0 Å². The van der Waals surface area contributed by atoms with Crippen LogP contribution < -0.4 is 5.32 Å². The summed E-state index contributed by atoms with van der Waals surface area (Å²) in [6.07, 6.45) is 1.44. The van der Waals surface area contributed by atoms with E-state index in [2.05, 4.69) is 75.5 Å². The normalized spacial score (nSPS) is 12.0. The van der Waals surface area contributed by atoms with Crippen LogP contribution in [0.5, 0.6) is 0 Å². The SMILES string of the molecule is CC[C@H](NC(=O)CCSc1ccc(C)cc1)c1ccc(C)c(C)c1. The van der Waals surface area contributed by atoms with Crippen molar-refractivity contribution < 1.29 is 4.79 Å². The Bertz CT molecular complexity index is 679. The number of rotatable bonds is 7. The van der Waals surface area contributed by atoms with E-state index in [0.29, 0.717) is 6.42 Å². The Morgan fingerprint density at radius 3 is 2.38 bits per heavy atom. The molecule has 0 aliphatic rings. The van der Waals surface area contributed by atoms with Gasteiger partial charge in [-0.15, -0.1) is 11.8 Å². The van der Waals surface area contributed by atoms with E-state index < -0.39 is 0 Å². The predicted octanol–water partition coefficient (Wildman–Crippen LogP) is 5.36. The number of aryl methyl sites for hydroxylation is 3. The Labute approximate surface area is 150 Å². The van der Waals surface area contributed by atoms with E-state index in [1.165, 1.54) is 27.1 Å². The van der Waals surface area contributed by atoms with Crippen molar-refractivity contribution in [2.75, 3.05) is 5.75 Å². The third-order valence-electron chi connectivity index (χ3n) is 4.30. The summed E-state index contributed by atoms with van der Waals surface area (Å²) in [5.41, 5.74) is 5.01. The molecule has 128 valence electrons. The minimum atomic E-state index is 0.0983. The van der Waals surface area contributed by atoms with Crippen LogP contribution in [-0.4, -0.2) is 11.7 Å². The molecule has 2 rings (SSSR count). The van der Waals surface area contributed by atoms with Crippen LogP contribution in [-0.2, 0) is 4.79 Å². The number of nitrogens with one attached hydrogen (secondary N) is 1. The lowest BCUT2D eigenvalue weighted by Gasteiger charge is -2.18. The van der Waals surface area contributed by atoms with Crippen LogP contribution in [0.2, 0.25) is 0 Å². The van der Waals surface area contributed by atoms with Crippen LogP contribution >= 0.6 is 11.8 Å². The molecular formula is C21H27NOS. The molecule has 0 aliphatic carbocycles. The maximum Gasteiger partial charge on any atom is 0.221 e. The van der Waals surface area contributed by atoms with Gasteiger partial charge in [-0.05, 0) is 56.0 Å². The highest BCUT2D eigenvalue weighted by molar-refractivity contribution is 7.99. The van der Waals surface area contributed by atoms with Gasteiger partial charge in [-0.2, -0.15) is 0 Å². The summed E-state index contributed by atoms with van der Waals surface area (Å²) in [6.45, 7) is 8.42. The molecule has 3 heteroatoms. The van der Waals surface area contributed by atoms with E-state index in [4.69, 9.17) is 0 Å². The molecule has 1 N–H and O–H groups in total. The molecule has 0 spiro atoms. The third kappa shape index (κ3) is 5.41. The van der Waals surface area contributed by atoms with Gasteiger partial charge in [-0.25, -0.2) is 0 Å². The minimum absolute atomic E-state index is 0.0983. The number of amides is 1. The zero-order valence-corrected chi connectivity index (χ0v) is 15.9. The molecule has 0 fully saturated rings. The number of benzene rings is 2. The number of hydrogen-bond donors (Lipinski definition) is 1. The molecule has 2 nitrogen and oxygen atoms in total. The number of carbonyl (C=O) groups excluding carboxylic acids is 1. The quantitative estimate of drug-likeness (QED) is 0.687. The number of carbonyl (C=O) groups is 1. The lowest BCUT2D eigenvalue weighted by Crippen LogP contribution is -2.28. The molecule has 0 saturated carbocycles. The highest BCUT2D eigenvalue weighted by Crippen LogP contribution is 2.21. The maximum absolute atomic E-state index is 12.3. The summed E-state index contributed by atoms with van der Waals surface area (Å²) < 4.78 is 0. The van der Waals surface area contributed by atoms with Gasteiger partial charge in [0.25, 0.3) is 0 Å². The summed E-state index contributed by atoms with van der Waals surface area (Å²) in [6, 6.07) is 15.0. The minimum Gasteiger partial charge on any atom is -0.349 e.